The molecule has 2 N–H and O–H groups in total. The Balaban J connectivity index is 0.951. The molecule has 1 saturated carbocycles. The van der Waals surface area contributed by atoms with E-state index in [1.165, 1.54) is 17.7 Å². The van der Waals surface area contributed by atoms with Crippen molar-refractivity contribution >= 4 is 34.5 Å². The minimum absolute atomic E-state index is 0.148. The molecule has 0 unspecified atom stereocenters. The van der Waals surface area contributed by atoms with Crippen LogP contribution in [0.2, 0.25) is 0 Å². The summed E-state index contributed by atoms with van der Waals surface area (Å²) >= 11 is 0. The van der Waals surface area contributed by atoms with Gasteiger partial charge in [-0.05, 0) is 81.8 Å². The molecule has 2 aromatic carbocycles. The van der Waals surface area contributed by atoms with E-state index in [1.807, 2.05) is 49.3 Å². The van der Waals surface area contributed by atoms with E-state index in [9.17, 15) is 9.59 Å². The van der Waals surface area contributed by atoms with Crippen LogP contribution in [0, 0.1) is 5.92 Å². The summed E-state index contributed by atoms with van der Waals surface area (Å²) < 4.78 is 0. The molecule has 1 aromatic heterocycles. The maximum absolute atomic E-state index is 12.4. The molecular weight excluding hydrogens is 488 g/mol. The van der Waals surface area contributed by atoms with Crippen LogP contribution in [0.3, 0.4) is 0 Å². The number of unbranched alkanes of at least 4 members (excludes halogenated alkanes) is 3. The van der Waals surface area contributed by atoms with Crippen LogP contribution in [0.25, 0.3) is 10.9 Å². The number of hydrogen-bond acceptors (Lipinski definition) is 7. The Morgan fingerprint density at radius 1 is 0.846 bits per heavy atom. The van der Waals surface area contributed by atoms with E-state index >= 15 is 0 Å². The summed E-state index contributed by atoms with van der Waals surface area (Å²) in [4.78, 5) is 37.9. The van der Waals surface area contributed by atoms with Crippen LogP contribution in [0.5, 0.6) is 0 Å². The number of amides is 2. The SMILES string of the molecule is CN(C)c1nc(N[C@H]2CC[C@@H](CNCCCCCCN3C(=O)c4ccccc4C3=O)CC2)nc2ccccc12. The fraction of sp³-hybridized carbons (Fsp3) is 0.484. The third kappa shape index (κ3) is 6.38. The van der Waals surface area contributed by atoms with Gasteiger partial charge in [0.05, 0.1) is 16.6 Å². The smallest absolute Gasteiger partial charge is 0.261 e. The average Bonchev–Trinajstić information content (AvgIpc) is 3.19. The highest BCUT2D eigenvalue weighted by Crippen LogP contribution is 2.28. The number of anilines is 2. The van der Waals surface area contributed by atoms with Gasteiger partial charge in [0, 0.05) is 32.1 Å². The molecule has 2 amide bonds. The monoisotopic (exact) mass is 528 g/mol. The first-order valence-electron chi connectivity index (χ1n) is 14.4. The molecule has 0 saturated heterocycles. The molecule has 5 rings (SSSR count). The van der Waals surface area contributed by atoms with Crippen LogP contribution >= 0.6 is 0 Å². The zero-order valence-corrected chi connectivity index (χ0v) is 23.2. The van der Waals surface area contributed by atoms with E-state index < -0.39 is 0 Å². The van der Waals surface area contributed by atoms with Crippen LogP contribution in [-0.4, -0.2) is 66.5 Å². The largest absolute Gasteiger partial charge is 0.362 e. The lowest BCUT2D eigenvalue weighted by Crippen LogP contribution is -2.32. The molecule has 1 aliphatic carbocycles. The minimum Gasteiger partial charge on any atom is -0.362 e. The number of fused-ring (bicyclic) bond motifs is 2. The predicted octanol–water partition coefficient (Wildman–Crippen LogP) is 5.11. The molecule has 0 bridgehead atoms. The van der Waals surface area contributed by atoms with Crippen molar-refractivity contribution < 1.29 is 9.59 Å². The highest BCUT2D eigenvalue weighted by molar-refractivity contribution is 6.21. The van der Waals surface area contributed by atoms with E-state index in [1.54, 1.807) is 12.1 Å². The average molecular weight is 529 g/mol. The van der Waals surface area contributed by atoms with Crippen LogP contribution in [0.1, 0.15) is 72.1 Å². The van der Waals surface area contributed by atoms with Gasteiger partial charge in [-0.15, -0.1) is 0 Å². The van der Waals surface area contributed by atoms with Gasteiger partial charge in [0.2, 0.25) is 5.95 Å². The number of aromatic nitrogens is 2. The van der Waals surface area contributed by atoms with E-state index in [4.69, 9.17) is 9.97 Å². The number of nitrogens with zero attached hydrogens (tertiary/aromatic N) is 4. The normalized spacial score (nSPS) is 19.0. The van der Waals surface area contributed by atoms with Crippen molar-refractivity contribution in [1.29, 1.82) is 0 Å². The summed E-state index contributed by atoms with van der Waals surface area (Å²) in [5.74, 6) is 2.09. The molecule has 0 spiro atoms. The number of hydrogen-bond donors (Lipinski definition) is 2. The Kier molecular flexibility index (Phi) is 8.71. The Hall–Kier alpha value is -3.52. The van der Waals surface area contributed by atoms with Gasteiger partial charge in [-0.2, -0.15) is 4.98 Å². The number of carbonyl (C=O) groups is 2. The number of rotatable bonds is 12. The molecule has 1 aliphatic heterocycles. The number of carbonyl (C=O) groups excluding carboxylic acids is 2. The van der Waals surface area contributed by atoms with Crippen molar-refractivity contribution in [2.75, 3.05) is 43.9 Å². The number of imide groups is 1. The molecule has 0 radical (unpaired) electrons. The van der Waals surface area contributed by atoms with Crippen LogP contribution in [-0.2, 0) is 0 Å². The second-order valence-electron chi connectivity index (χ2n) is 11.1. The van der Waals surface area contributed by atoms with Gasteiger partial charge in [-0.1, -0.05) is 37.1 Å². The lowest BCUT2D eigenvalue weighted by atomic mass is 9.86. The van der Waals surface area contributed by atoms with Gasteiger partial charge in [0.25, 0.3) is 11.8 Å². The summed E-state index contributed by atoms with van der Waals surface area (Å²) in [7, 11) is 4.05. The number of para-hydroxylation sites is 1. The summed E-state index contributed by atoms with van der Waals surface area (Å²) in [5, 5.41) is 8.32. The Morgan fingerprint density at radius 2 is 1.51 bits per heavy atom. The fourth-order valence-corrected chi connectivity index (χ4v) is 5.78. The van der Waals surface area contributed by atoms with Gasteiger partial charge in [0.1, 0.15) is 5.82 Å². The Morgan fingerprint density at radius 3 is 2.23 bits per heavy atom. The van der Waals surface area contributed by atoms with Crippen molar-refractivity contribution in [2.24, 2.45) is 5.92 Å². The maximum atomic E-state index is 12.4. The van der Waals surface area contributed by atoms with Crippen molar-refractivity contribution in [3.05, 3.63) is 59.7 Å². The van der Waals surface area contributed by atoms with Crippen LogP contribution < -0.4 is 15.5 Å². The molecule has 2 aliphatic rings. The molecular formula is C31H40N6O2. The number of benzene rings is 2. The fourth-order valence-electron chi connectivity index (χ4n) is 5.78. The molecule has 3 aromatic rings. The first kappa shape index (κ1) is 27.1. The maximum Gasteiger partial charge on any atom is 0.261 e. The summed E-state index contributed by atoms with van der Waals surface area (Å²) in [6.07, 6.45) is 8.80. The third-order valence-electron chi connectivity index (χ3n) is 7.98. The molecule has 2 heterocycles. The van der Waals surface area contributed by atoms with Crippen molar-refractivity contribution in [1.82, 2.24) is 20.2 Å². The van der Waals surface area contributed by atoms with Crippen molar-refractivity contribution in [2.45, 2.75) is 57.4 Å². The van der Waals surface area contributed by atoms with Crippen molar-refractivity contribution in [3.8, 4) is 0 Å². The Labute approximate surface area is 231 Å². The van der Waals surface area contributed by atoms with Crippen LogP contribution in [0.15, 0.2) is 48.5 Å². The van der Waals surface area contributed by atoms with E-state index in [0.29, 0.717) is 29.6 Å². The summed E-state index contributed by atoms with van der Waals surface area (Å²) in [6, 6.07) is 15.7. The van der Waals surface area contributed by atoms with Gasteiger partial charge in [-0.3, -0.25) is 14.5 Å². The van der Waals surface area contributed by atoms with Gasteiger partial charge in [0.15, 0.2) is 0 Å². The highest BCUT2D eigenvalue weighted by atomic mass is 16.2. The highest BCUT2D eigenvalue weighted by Gasteiger charge is 2.34. The molecule has 1 fully saturated rings. The molecule has 8 heteroatoms. The van der Waals surface area contributed by atoms with Gasteiger partial charge in [-0.25, -0.2) is 4.98 Å². The zero-order valence-electron chi connectivity index (χ0n) is 23.2. The van der Waals surface area contributed by atoms with Gasteiger partial charge < -0.3 is 15.5 Å². The Bertz CT molecular complexity index is 1270. The molecule has 8 nitrogen and oxygen atoms in total. The molecule has 39 heavy (non-hydrogen) atoms. The standard InChI is InChI=1S/C31H40N6O2/c1-36(2)28-26-13-7-8-14-27(26)34-31(35-28)33-23-17-15-22(16-18-23)21-32-19-9-3-4-10-20-37-29(38)24-11-5-6-12-25(24)30(37)39/h5-8,11-14,22-23,32H,3-4,9-10,15-21H2,1-2H3,(H,33,34,35)/t22-,23+. The first-order chi connectivity index (χ1) is 19.0. The van der Waals surface area contributed by atoms with E-state index in [-0.39, 0.29) is 11.8 Å². The second-order valence-corrected chi connectivity index (χ2v) is 11.1. The molecule has 0 atom stereocenters. The summed E-state index contributed by atoms with van der Waals surface area (Å²) in [5.41, 5.74) is 2.05. The lowest BCUT2D eigenvalue weighted by molar-refractivity contribution is 0.0651. The quantitative estimate of drug-likeness (QED) is 0.249. The van der Waals surface area contributed by atoms with E-state index in [2.05, 4.69) is 16.7 Å². The number of nitrogens with one attached hydrogen (secondary N) is 2. The summed E-state index contributed by atoms with van der Waals surface area (Å²) in [6.45, 7) is 2.60. The predicted molar refractivity (Wildman–Crippen MR) is 156 cm³/mol. The third-order valence-corrected chi connectivity index (χ3v) is 7.98. The zero-order chi connectivity index (χ0) is 27.2. The minimum atomic E-state index is -0.148. The molecule has 206 valence electrons. The van der Waals surface area contributed by atoms with Crippen molar-refractivity contribution in [3.63, 3.8) is 0 Å². The second kappa shape index (κ2) is 12.6. The topological polar surface area (TPSA) is 90.5 Å². The van der Waals surface area contributed by atoms with Crippen LogP contribution in [0.4, 0.5) is 11.8 Å². The lowest BCUT2D eigenvalue weighted by Gasteiger charge is -2.29. The van der Waals surface area contributed by atoms with E-state index in [0.717, 1.165) is 74.3 Å². The van der Waals surface area contributed by atoms with Gasteiger partial charge >= 0.3 is 0 Å². The first-order valence-corrected chi connectivity index (χ1v) is 14.4.